The van der Waals surface area contributed by atoms with E-state index >= 15 is 0 Å². The molecule has 9 nitrogen and oxygen atoms in total. The number of carbonyl (C=O) groups is 2. The highest BCUT2D eigenvalue weighted by atomic mass is 16.2. The first-order chi connectivity index (χ1) is 16.8. The summed E-state index contributed by atoms with van der Waals surface area (Å²) >= 11 is 0. The van der Waals surface area contributed by atoms with Gasteiger partial charge in [0, 0.05) is 45.5 Å². The van der Waals surface area contributed by atoms with Crippen LogP contribution < -0.4 is 15.5 Å². The van der Waals surface area contributed by atoms with Crippen LogP contribution in [0.5, 0.6) is 0 Å². The molecule has 0 spiro atoms. The van der Waals surface area contributed by atoms with E-state index < -0.39 is 6.04 Å². The van der Waals surface area contributed by atoms with Crippen LogP contribution in [0.3, 0.4) is 0 Å². The minimum atomic E-state index is -0.576. The fourth-order valence-electron chi connectivity index (χ4n) is 4.08. The molecule has 1 unspecified atom stereocenters. The maximum atomic E-state index is 13.3. The summed E-state index contributed by atoms with van der Waals surface area (Å²) in [5.41, 5.74) is 4.08. The largest absolute Gasteiger partial charge is 0.359 e. The Labute approximate surface area is 206 Å². The van der Waals surface area contributed by atoms with Crippen molar-refractivity contribution in [3.63, 3.8) is 0 Å². The second-order valence-electron chi connectivity index (χ2n) is 9.23. The van der Waals surface area contributed by atoms with Gasteiger partial charge in [-0.1, -0.05) is 36.8 Å². The van der Waals surface area contributed by atoms with Crippen LogP contribution in [-0.2, 0) is 16.6 Å². The molecule has 0 bridgehead atoms. The van der Waals surface area contributed by atoms with Crippen LogP contribution in [0.15, 0.2) is 55.0 Å². The number of nitrogens with zero attached hydrogens (tertiary/aromatic N) is 5. The number of aryl methyl sites for hydroxylation is 2. The molecule has 1 aliphatic rings. The van der Waals surface area contributed by atoms with Crippen LogP contribution in [0, 0.1) is 6.92 Å². The molecule has 0 saturated carbocycles. The lowest BCUT2D eigenvalue weighted by atomic mass is 9.99. The molecule has 9 heteroatoms. The van der Waals surface area contributed by atoms with Gasteiger partial charge in [0.1, 0.15) is 11.9 Å². The zero-order chi connectivity index (χ0) is 24.9. The zero-order valence-electron chi connectivity index (χ0n) is 20.7. The highest BCUT2D eigenvalue weighted by molar-refractivity contribution is 5.94. The topological polar surface area (TPSA) is 95.4 Å². The number of hydrogen-bond donors (Lipinski definition) is 2. The van der Waals surface area contributed by atoms with E-state index in [0.29, 0.717) is 25.5 Å². The molecule has 3 heterocycles. The van der Waals surface area contributed by atoms with Crippen LogP contribution in [0.4, 0.5) is 11.5 Å². The zero-order valence-corrected chi connectivity index (χ0v) is 20.7. The van der Waals surface area contributed by atoms with Crippen molar-refractivity contribution in [2.24, 2.45) is 7.05 Å². The molecule has 1 aromatic carbocycles. The van der Waals surface area contributed by atoms with Gasteiger partial charge < -0.3 is 20.4 Å². The van der Waals surface area contributed by atoms with Crippen molar-refractivity contribution in [1.29, 1.82) is 0 Å². The van der Waals surface area contributed by atoms with Gasteiger partial charge in [0.25, 0.3) is 0 Å². The predicted molar refractivity (Wildman–Crippen MR) is 136 cm³/mol. The number of hydrogen-bond acceptors (Lipinski definition) is 6. The molecule has 2 atom stereocenters. The Morgan fingerprint density at radius 2 is 1.83 bits per heavy atom. The summed E-state index contributed by atoms with van der Waals surface area (Å²) in [6, 6.07) is 11.5. The number of pyridine rings is 1. The predicted octanol–water partition coefficient (Wildman–Crippen LogP) is 2.48. The molecule has 1 saturated heterocycles. The number of carbonyl (C=O) groups excluding carboxylic acids is 2. The lowest BCUT2D eigenvalue weighted by molar-refractivity contribution is -0.129. The third-order valence-electron chi connectivity index (χ3n) is 6.42. The molecular weight excluding hydrogens is 442 g/mol. The van der Waals surface area contributed by atoms with Crippen molar-refractivity contribution in [3.8, 4) is 0 Å². The van der Waals surface area contributed by atoms with Crippen LogP contribution in [0.2, 0.25) is 0 Å². The Morgan fingerprint density at radius 3 is 2.46 bits per heavy atom. The molecule has 184 valence electrons. The van der Waals surface area contributed by atoms with E-state index in [-0.39, 0.29) is 17.7 Å². The smallest absolute Gasteiger partial charge is 0.247 e. The van der Waals surface area contributed by atoms with Gasteiger partial charge in [-0.15, -0.1) is 0 Å². The van der Waals surface area contributed by atoms with Gasteiger partial charge in [0.2, 0.25) is 11.8 Å². The van der Waals surface area contributed by atoms with E-state index in [1.165, 1.54) is 11.1 Å². The van der Waals surface area contributed by atoms with Gasteiger partial charge >= 0.3 is 0 Å². The number of nitrogens with one attached hydrogen (secondary N) is 2. The Bertz CT molecular complexity index is 1160. The third-order valence-corrected chi connectivity index (χ3v) is 6.42. The van der Waals surface area contributed by atoms with Crippen molar-refractivity contribution in [1.82, 2.24) is 25.0 Å². The summed E-state index contributed by atoms with van der Waals surface area (Å²) in [5.74, 6) is 0.566. The summed E-state index contributed by atoms with van der Waals surface area (Å²) in [6.07, 6.45) is 5.24. The van der Waals surface area contributed by atoms with E-state index in [0.717, 1.165) is 17.8 Å². The summed E-state index contributed by atoms with van der Waals surface area (Å²) in [7, 11) is 3.64. The molecule has 2 aromatic heterocycles. The first kappa shape index (κ1) is 24.4. The van der Waals surface area contributed by atoms with E-state index in [9.17, 15) is 9.59 Å². The van der Waals surface area contributed by atoms with Crippen LogP contribution in [-0.4, -0.2) is 64.7 Å². The monoisotopic (exact) mass is 475 g/mol. The molecule has 0 aliphatic carbocycles. The molecule has 0 radical (unpaired) electrons. The number of likely N-dealkylation sites (N-methyl/N-ethyl adjacent to an activating group) is 1. The lowest BCUT2D eigenvalue weighted by Crippen LogP contribution is -2.48. The molecule has 2 amide bonds. The fourth-order valence-corrected chi connectivity index (χ4v) is 4.08. The van der Waals surface area contributed by atoms with E-state index in [2.05, 4.69) is 58.8 Å². The Kier molecular flexibility index (Phi) is 7.45. The summed E-state index contributed by atoms with van der Waals surface area (Å²) in [6.45, 7) is 6.59. The van der Waals surface area contributed by atoms with Crippen molar-refractivity contribution in [2.75, 3.05) is 43.4 Å². The second kappa shape index (κ2) is 10.7. The Morgan fingerprint density at radius 1 is 1.06 bits per heavy atom. The second-order valence-corrected chi connectivity index (χ2v) is 9.23. The van der Waals surface area contributed by atoms with Gasteiger partial charge in [0.15, 0.2) is 0 Å². The summed E-state index contributed by atoms with van der Waals surface area (Å²) < 4.78 is 1.69. The average molecular weight is 476 g/mol. The highest BCUT2D eigenvalue weighted by Crippen LogP contribution is 2.21. The molecule has 1 fully saturated rings. The van der Waals surface area contributed by atoms with Crippen molar-refractivity contribution in [3.05, 3.63) is 71.7 Å². The van der Waals surface area contributed by atoms with Crippen LogP contribution >= 0.6 is 0 Å². The number of aromatic nitrogens is 3. The minimum absolute atomic E-state index is 0.0823. The van der Waals surface area contributed by atoms with Crippen LogP contribution in [0.1, 0.15) is 35.6 Å². The summed E-state index contributed by atoms with van der Waals surface area (Å²) in [5, 5.41) is 10.6. The fraction of sp³-hybridized carbons (Fsp3) is 0.385. The number of anilines is 2. The molecule has 1 aliphatic heterocycles. The summed E-state index contributed by atoms with van der Waals surface area (Å²) in [4.78, 5) is 33.4. The number of rotatable bonds is 8. The van der Waals surface area contributed by atoms with Gasteiger partial charge in [-0.05, 0) is 30.5 Å². The van der Waals surface area contributed by atoms with Gasteiger partial charge in [-0.3, -0.25) is 14.3 Å². The van der Waals surface area contributed by atoms with Crippen LogP contribution in [0.25, 0.3) is 0 Å². The minimum Gasteiger partial charge on any atom is -0.359 e. The molecule has 2 N–H and O–H groups in total. The van der Waals surface area contributed by atoms with E-state index in [4.69, 9.17) is 0 Å². The van der Waals surface area contributed by atoms with Gasteiger partial charge in [-0.25, -0.2) is 4.98 Å². The number of piperazine rings is 1. The first-order valence-corrected chi connectivity index (χ1v) is 11.8. The van der Waals surface area contributed by atoms with Crippen molar-refractivity contribution >= 4 is 23.3 Å². The SMILES string of the molecule is Cc1ccc(C(C)CN[C@@H](C(=O)Nc2ccc(N3CCN(C)C(=O)C3)cn2)c2cnn(C)c2)cc1. The highest BCUT2D eigenvalue weighted by Gasteiger charge is 2.24. The third kappa shape index (κ3) is 6.05. The molecule has 35 heavy (non-hydrogen) atoms. The molecular formula is C26H33N7O2. The number of benzene rings is 1. The average Bonchev–Trinajstić information content (AvgIpc) is 3.27. The van der Waals surface area contributed by atoms with Crippen molar-refractivity contribution < 1.29 is 9.59 Å². The quantitative estimate of drug-likeness (QED) is 0.520. The van der Waals surface area contributed by atoms with E-state index in [1.54, 1.807) is 28.0 Å². The van der Waals surface area contributed by atoms with Crippen molar-refractivity contribution in [2.45, 2.75) is 25.8 Å². The normalized spacial score (nSPS) is 15.7. The Hall–Kier alpha value is -3.72. The molecule has 3 aromatic rings. The maximum absolute atomic E-state index is 13.3. The standard InChI is InChI=1S/C26H33N7O2/c1-18-5-7-20(8-6-18)19(2)13-28-25(21-14-29-32(4)16-21)26(35)30-23-10-9-22(15-27-23)33-12-11-31(3)24(34)17-33/h5-10,14-16,19,25,28H,11-13,17H2,1-4H3,(H,27,30,35)/t19?,25-/m1/s1. The Balaban J connectivity index is 1.42. The van der Waals surface area contributed by atoms with Gasteiger partial charge in [-0.2, -0.15) is 5.10 Å². The molecule has 4 rings (SSSR count). The van der Waals surface area contributed by atoms with E-state index in [1.807, 2.05) is 31.3 Å². The number of amides is 2. The van der Waals surface area contributed by atoms with Gasteiger partial charge in [0.05, 0.1) is 24.6 Å². The first-order valence-electron chi connectivity index (χ1n) is 11.8. The lowest BCUT2D eigenvalue weighted by Gasteiger charge is -2.33. The maximum Gasteiger partial charge on any atom is 0.247 e.